The Bertz CT molecular complexity index is 393. The molecule has 0 aromatic carbocycles. The first-order chi connectivity index (χ1) is 8.14. The van der Waals surface area contributed by atoms with Crippen LogP contribution in [0, 0.1) is 0 Å². The molecule has 0 spiro atoms. The van der Waals surface area contributed by atoms with Crippen molar-refractivity contribution in [2.24, 2.45) is 0 Å². The van der Waals surface area contributed by atoms with Crippen LogP contribution in [-0.2, 0) is 11.2 Å². The monoisotopic (exact) mass is 239 g/mol. The number of aliphatic hydroxyl groups is 1. The summed E-state index contributed by atoms with van der Waals surface area (Å²) in [6, 6.07) is 1.64. The average Bonchev–Trinajstić information content (AvgIpc) is 2.95. The molecule has 0 bridgehead atoms. The Morgan fingerprint density at radius 1 is 1.65 bits per heavy atom. The van der Waals surface area contributed by atoms with E-state index in [2.05, 4.69) is 5.32 Å². The van der Waals surface area contributed by atoms with Crippen molar-refractivity contribution in [3.05, 3.63) is 23.7 Å². The van der Waals surface area contributed by atoms with Gasteiger partial charge in [-0.2, -0.15) is 0 Å². The molecule has 1 aliphatic heterocycles. The highest BCUT2D eigenvalue weighted by Crippen LogP contribution is 2.17. The summed E-state index contributed by atoms with van der Waals surface area (Å²) < 4.78 is 10.3. The molecule has 1 fully saturated rings. The highest BCUT2D eigenvalue weighted by atomic mass is 16.5. The van der Waals surface area contributed by atoms with E-state index in [9.17, 15) is 9.90 Å². The quantitative estimate of drug-likeness (QED) is 0.812. The van der Waals surface area contributed by atoms with Crippen LogP contribution in [0.4, 0.5) is 0 Å². The summed E-state index contributed by atoms with van der Waals surface area (Å²) in [5.74, 6) is 0.452. The molecular formula is C12H17NO4. The molecule has 1 saturated heterocycles. The van der Waals surface area contributed by atoms with Crippen LogP contribution in [0.5, 0.6) is 0 Å². The van der Waals surface area contributed by atoms with Crippen LogP contribution >= 0.6 is 0 Å². The van der Waals surface area contributed by atoms with Crippen LogP contribution in [0.1, 0.15) is 29.5 Å². The lowest BCUT2D eigenvalue weighted by atomic mass is 10.0. The smallest absolute Gasteiger partial charge is 0.254 e. The lowest BCUT2D eigenvalue weighted by molar-refractivity contribution is 0.0264. The number of hydrogen-bond donors (Lipinski definition) is 2. The zero-order chi connectivity index (χ0) is 12.3. The molecule has 94 valence electrons. The molecule has 1 amide bonds. The van der Waals surface area contributed by atoms with Gasteiger partial charge in [-0.3, -0.25) is 4.79 Å². The van der Waals surface area contributed by atoms with Crippen LogP contribution in [0.2, 0.25) is 0 Å². The standard InChI is InChI=1S/C12H17NO4/c1-2-10-9(3-5-17-10)11(14)13-7-12(15)4-6-16-8-12/h3,5,15H,2,4,6-8H2,1H3,(H,13,14). The molecule has 17 heavy (non-hydrogen) atoms. The third-order valence-electron chi connectivity index (χ3n) is 2.97. The number of nitrogens with one attached hydrogen (secondary N) is 1. The molecule has 2 heterocycles. The van der Waals surface area contributed by atoms with Crippen molar-refractivity contribution in [1.82, 2.24) is 5.32 Å². The summed E-state index contributed by atoms with van der Waals surface area (Å²) in [6.45, 7) is 2.95. The van der Waals surface area contributed by atoms with Crippen LogP contribution in [0.25, 0.3) is 0 Å². The summed E-state index contributed by atoms with van der Waals surface area (Å²) in [5.41, 5.74) is -0.388. The van der Waals surface area contributed by atoms with E-state index in [-0.39, 0.29) is 19.1 Å². The fourth-order valence-corrected chi connectivity index (χ4v) is 1.89. The van der Waals surface area contributed by atoms with Crippen LogP contribution < -0.4 is 5.32 Å². The maximum atomic E-state index is 11.9. The first-order valence-corrected chi connectivity index (χ1v) is 5.79. The molecule has 1 atom stereocenters. The van der Waals surface area contributed by atoms with Gasteiger partial charge in [-0.25, -0.2) is 0 Å². The number of carbonyl (C=O) groups excluding carboxylic acids is 1. The Morgan fingerprint density at radius 3 is 3.12 bits per heavy atom. The van der Waals surface area contributed by atoms with Crippen molar-refractivity contribution in [3.63, 3.8) is 0 Å². The summed E-state index contributed by atoms with van der Waals surface area (Å²) >= 11 is 0. The van der Waals surface area contributed by atoms with Crippen LogP contribution in [-0.4, -0.2) is 36.4 Å². The summed E-state index contributed by atoms with van der Waals surface area (Å²) in [5, 5.41) is 12.7. The van der Waals surface area contributed by atoms with Gasteiger partial charge < -0.3 is 19.6 Å². The van der Waals surface area contributed by atoms with Gasteiger partial charge in [0.05, 0.1) is 18.4 Å². The number of carbonyl (C=O) groups is 1. The van der Waals surface area contributed by atoms with Crippen molar-refractivity contribution in [2.75, 3.05) is 19.8 Å². The fraction of sp³-hybridized carbons (Fsp3) is 0.583. The van der Waals surface area contributed by atoms with Gasteiger partial charge in [0.1, 0.15) is 11.4 Å². The summed E-state index contributed by atoms with van der Waals surface area (Å²) in [4.78, 5) is 11.9. The number of rotatable bonds is 4. The second kappa shape index (κ2) is 4.89. The SMILES string of the molecule is CCc1occc1C(=O)NCC1(O)CCOC1. The predicted octanol–water partition coefficient (Wildman–Crippen LogP) is 0.723. The highest BCUT2D eigenvalue weighted by molar-refractivity contribution is 5.95. The molecule has 2 rings (SSSR count). The summed E-state index contributed by atoms with van der Waals surface area (Å²) in [7, 11) is 0. The van der Waals surface area contributed by atoms with Crippen molar-refractivity contribution >= 4 is 5.91 Å². The molecule has 1 unspecified atom stereocenters. The third-order valence-corrected chi connectivity index (χ3v) is 2.97. The minimum Gasteiger partial charge on any atom is -0.469 e. The molecule has 2 N–H and O–H groups in total. The topological polar surface area (TPSA) is 71.7 Å². The van der Waals surface area contributed by atoms with Gasteiger partial charge >= 0.3 is 0 Å². The van der Waals surface area contributed by atoms with Gasteiger partial charge in [0, 0.05) is 26.0 Å². The normalized spacial score (nSPS) is 23.9. The molecule has 5 heteroatoms. The number of amides is 1. The van der Waals surface area contributed by atoms with E-state index in [1.165, 1.54) is 6.26 Å². The molecule has 1 aromatic rings. The highest BCUT2D eigenvalue weighted by Gasteiger charge is 2.32. The van der Waals surface area contributed by atoms with Crippen molar-refractivity contribution in [3.8, 4) is 0 Å². The number of hydrogen-bond acceptors (Lipinski definition) is 4. The Balaban J connectivity index is 1.93. The van der Waals surface area contributed by atoms with Gasteiger partial charge in [-0.05, 0) is 6.07 Å². The number of furan rings is 1. The van der Waals surface area contributed by atoms with E-state index < -0.39 is 5.60 Å². The Kier molecular flexibility index (Phi) is 3.49. The zero-order valence-electron chi connectivity index (χ0n) is 9.86. The maximum absolute atomic E-state index is 11.9. The molecule has 1 aromatic heterocycles. The van der Waals surface area contributed by atoms with Gasteiger partial charge in [0.2, 0.25) is 0 Å². The molecule has 5 nitrogen and oxygen atoms in total. The van der Waals surface area contributed by atoms with Crippen molar-refractivity contribution < 1.29 is 19.1 Å². The first-order valence-electron chi connectivity index (χ1n) is 5.79. The van der Waals surface area contributed by atoms with Crippen molar-refractivity contribution in [1.29, 1.82) is 0 Å². The van der Waals surface area contributed by atoms with Crippen LogP contribution in [0.15, 0.2) is 16.7 Å². The van der Waals surface area contributed by atoms with Gasteiger partial charge in [0.25, 0.3) is 5.91 Å². The molecular weight excluding hydrogens is 222 g/mol. The van der Waals surface area contributed by atoms with E-state index in [0.29, 0.717) is 30.8 Å². The van der Waals surface area contributed by atoms with Gasteiger partial charge in [-0.1, -0.05) is 6.92 Å². The lowest BCUT2D eigenvalue weighted by Crippen LogP contribution is -2.43. The zero-order valence-corrected chi connectivity index (χ0v) is 9.86. The average molecular weight is 239 g/mol. The maximum Gasteiger partial charge on any atom is 0.254 e. The fourth-order valence-electron chi connectivity index (χ4n) is 1.89. The van der Waals surface area contributed by atoms with E-state index in [4.69, 9.17) is 9.15 Å². The number of aryl methyl sites for hydroxylation is 1. The molecule has 0 aliphatic carbocycles. The van der Waals surface area contributed by atoms with E-state index in [1.807, 2.05) is 6.92 Å². The molecule has 0 saturated carbocycles. The van der Waals surface area contributed by atoms with Crippen LogP contribution in [0.3, 0.4) is 0 Å². The Hall–Kier alpha value is -1.33. The lowest BCUT2D eigenvalue weighted by Gasteiger charge is -2.20. The minimum absolute atomic E-state index is 0.208. The number of ether oxygens (including phenoxy) is 1. The van der Waals surface area contributed by atoms with E-state index >= 15 is 0 Å². The predicted molar refractivity (Wildman–Crippen MR) is 60.8 cm³/mol. The van der Waals surface area contributed by atoms with Gasteiger partial charge in [0.15, 0.2) is 0 Å². The second-order valence-electron chi connectivity index (χ2n) is 4.32. The second-order valence-corrected chi connectivity index (χ2v) is 4.32. The van der Waals surface area contributed by atoms with E-state index in [0.717, 1.165) is 0 Å². The Morgan fingerprint density at radius 2 is 2.47 bits per heavy atom. The first kappa shape index (κ1) is 12.1. The third kappa shape index (κ3) is 2.68. The minimum atomic E-state index is -0.925. The largest absolute Gasteiger partial charge is 0.469 e. The summed E-state index contributed by atoms with van der Waals surface area (Å²) in [6.07, 6.45) is 2.73. The molecule has 0 radical (unpaired) electrons. The Labute approximate surface area is 99.8 Å². The van der Waals surface area contributed by atoms with Crippen molar-refractivity contribution in [2.45, 2.75) is 25.4 Å². The van der Waals surface area contributed by atoms with Gasteiger partial charge in [-0.15, -0.1) is 0 Å². The molecule has 1 aliphatic rings. The van der Waals surface area contributed by atoms with E-state index in [1.54, 1.807) is 6.07 Å².